The molecule has 0 spiro atoms. The number of anilines is 1. The molecule has 0 aromatic heterocycles. The highest BCUT2D eigenvalue weighted by Crippen LogP contribution is 2.16. The van der Waals surface area contributed by atoms with Crippen molar-refractivity contribution in [3.05, 3.63) is 71.2 Å². The summed E-state index contributed by atoms with van der Waals surface area (Å²) >= 11 is 3.34. The summed E-state index contributed by atoms with van der Waals surface area (Å²) in [6.45, 7) is 4.15. The van der Waals surface area contributed by atoms with Crippen molar-refractivity contribution in [2.45, 2.75) is 12.8 Å². The fourth-order valence-corrected chi connectivity index (χ4v) is 2.26. The summed E-state index contributed by atoms with van der Waals surface area (Å²) in [6.07, 6.45) is 2.58. The summed E-state index contributed by atoms with van der Waals surface area (Å²) in [5.41, 5.74) is 3.68. The Balaban J connectivity index is 1.69. The van der Waals surface area contributed by atoms with Crippen molar-refractivity contribution in [3.63, 3.8) is 0 Å². The standard InChI is InChI=1S/C20H20BrNO5/c1-2-19(23)26-14-4-3-13-25-18-11-5-15(6-12-18)20(24)27-22-17-9-7-16(21)8-10-17/h2,5-12,22H,1,3-4,13-14H2. The van der Waals surface area contributed by atoms with Crippen LogP contribution in [0, 0.1) is 0 Å². The van der Waals surface area contributed by atoms with E-state index in [1.165, 1.54) is 0 Å². The van der Waals surface area contributed by atoms with Crippen molar-refractivity contribution >= 4 is 33.6 Å². The van der Waals surface area contributed by atoms with Gasteiger partial charge in [-0.3, -0.25) is 0 Å². The third-order valence-electron chi connectivity index (χ3n) is 3.41. The number of hydrogen-bond donors (Lipinski definition) is 1. The van der Waals surface area contributed by atoms with E-state index >= 15 is 0 Å². The molecule has 2 aromatic carbocycles. The molecule has 0 radical (unpaired) electrons. The Labute approximate surface area is 166 Å². The lowest BCUT2D eigenvalue weighted by molar-refractivity contribution is -0.137. The maximum absolute atomic E-state index is 12.0. The van der Waals surface area contributed by atoms with E-state index < -0.39 is 11.9 Å². The molecule has 27 heavy (non-hydrogen) atoms. The van der Waals surface area contributed by atoms with Crippen LogP contribution in [0.25, 0.3) is 0 Å². The molecule has 0 aliphatic rings. The molecule has 0 amide bonds. The average Bonchev–Trinajstić information content (AvgIpc) is 2.70. The van der Waals surface area contributed by atoms with Crippen molar-refractivity contribution in [3.8, 4) is 5.75 Å². The van der Waals surface area contributed by atoms with Gasteiger partial charge in [-0.25, -0.2) is 15.1 Å². The van der Waals surface area contributed by atoms with Crippen LogP contribution in [0.5, 0.6) is 5.75 Å². The minimum atomic E-state index is -0.492. The van der Waals surface area contributed by atoms with Crippen LogP contribution < -0.4 is 10.2 Å². The van der Waals surface area contributed by atoms with Crippen LogP contribution in [0.15, 0.2) is 65.7 Å². The second kappa shape index (κ2) is 11.0. The Bertz CT molecular complexity index is 759. The Morgan fingerprint density at radius 2 is 1.67 bits per heavy atom. The molecule has 0 saturated heterocycles. The van der Waals surface area contributed by atoms with Gasteiger partial charge in [0.2, 0.25) is 0 Å². The third kappa shape index (κ3) is 7.53. The van der Waals surface area contributed by atoms with Gasteiger partial charge < -0.3 is 14.3 Å². The van der Waals surface area contributed by atoms with E-state index in [9.17, 15) is 9.59 Å². The van der Waals surface area contributed by atoms with Gasteiger partial charge in [0.25, 0.3) is 0 Å². The van der Waals surface area contributed by atoms with Crippen LogP contribution in [0.2, 0.25) is 0 Å². The van der Waals surface area contributed by atoms with E-state index in [4.69, 9.17) is 14.3 Å². The normalized spacial score (nSPS) is 9.96. The summed E-state index contributed by atoms with van der Waals surface area (Å²) in [5, 5.41) is 0. The maximum Gasteiger partial charge on any atom is 0.362 e. The molecular weight excluding hydrogens is 414 g/mol. The number of ether oxygens (including phenoxy) is 2. The molecule has 0 unspecified atom stereocenters. The molecule has 2 aromatic rings. The van der Waals surface area contributed by atoms with Gasteiger partial charge in [0, 0.05) is 10.5 Å². The lowest BCUT2D eigenvalue weighted by Crippen LogP contribution is -2.10. The van der Waals surface area contributed by atoms with Gasteiger partial charge in [0.15, 0.2) is 0 Å². The number of nitrogens with one attached hydrogen (secondary N) is 1. The molecule has 7 heteroatoms. The van der Waals surface area contributed by atoms with Gasteiger partial charge in [-0.05, 0) is 61.4 Å². The molecule has 0 heterocycles. The summed E-state index contributed by atoms with van der Waals surface area (Å²) in [5.74, 6) is -0.267. The van der Waals surface area contributed by atoms with Crippen molar-refractivity contribution in [1.82, 2.24) is 0 Å². The summed E-state index contributed by atoms with van der Waals surface area (Å²) in [7, 11) is 0. The van der Waals surface area contributed by atoms with E-state index in [0.29, 0.717) is 36.6 Å². The zero-order chi connectivity index (χ0) is 19.5. The molecule has 142 valence electrons. The van der Waals surface area contributed by atoms with E-state index in [-0.39, 0.29) is 0 Å². The number of halogens is 1. The van der Waals surface area contributed by atoms with E-state index in [1.54, 1.807) is 36.4 Å². The molecule has 0 fully saturated rings. The van der Waals surface area contributed by atoms with Crippen molar-refractivity contribution in [2.24, 2.45) is 0 Å². The SMILES string of the molecule is C=CC(=O)OCCCCOc1ccc(C(=O)ONc2ccc(Br)cc2)cc1. The number of unbranched alkanes of at least 4 members (excludes halogenated alkanes) is 1. The largest absolute Gasteiger partial charge is 0.494 e. The Morgan fingerprint density at radius 1 is 1.00 bits per heavy atom. The minimum Gasteiger partial charge on any atom is -0.494 e. The van der Waals surface area contributed by atoms with Crippen LogP contribution in [-0.2, 0) is 14.4 Å². The number of carbonyl (C=O) groups excluding carboxylic acids is 2. The van der Waals surface area contributed by atoms with Crippen LogP contribution in [0.4, 0.5) is 5.69 Å². The van der Waals surface area contributed by atoms with E-state index in [2.05, 4.69) is 28.0 Å². The quantitative estimate of drug-likeness (QED) is 0.257. The fraction of sp³-hybridized carbons (Fsp3) is 0.200. The molecule has 0 bridgehead atoms. The average molecular weight is 434 g/mol. The minimum absolute atomic E-state index is 0.338. The number of benzene rings is 2. The molecule has 0 aliphatic heterocycles. The number of hydrogen-bond acceptors (Lipinski definition) is 6. The predicted molar refractivity (Wildman–Crippen MR) is 106 cm³/mol. The van der Waals surface area contributed by atoms with Crippen molar-refractivity contribution in [1.29, 1.82) is 0 Å². The zero-order valence-corrected chi connectivity index (χ0v) is 16.2. The first-order valence-corrected chi connectivity index (χ1v) is 9.12. The second-order valence-electron chi connectivity index (χ2n) is 5.45. The van der Waals surface area contributed by atoms with Gasteiger partial charge in [-0.1, -0.05) is 22.5 Å². The Morgan fingerprint density at radius 3 is 2.33 bits per heavy atom. The van der Waals surface area contributed by atoms with E-state index in [1.807, 2.05) is 12.1 Å². The highest BCUT2D eigenvalue weighted by molar-refractivity contribution is 9.10. The van der Waals surface area contributed by atoms with Gasteiger partial charge in [-0.2, -0.15) is 0 Å². The Kier molecular flexibility index (Phi) is 8.38. The molecule has 1 N–H and O–H groups in total. The van der Waals surface area contributed by atoms with Gasteiger partial charge >= 0.3 is 11.9 Å². The Hall–Kier alpha value is -2.80. The lowest BCUT2D eigenvalue weighted by atomic mass is 10.2. The lowest BCUT2D eigenvalue weighted by Gasteiger charge is -2.08. The molecule has 0 aliphatic carbocycles. The first kappa shape index (κ1) is 20.5. The van der Waals surface area contributed by atoms with Crippen molar-refractivity contribution < 1.29 is 23.9 Å². The highest BCUT2D eigenvalue weighted by atomic mass is 79.9. The highest BCUT2D eigenvalue weighted by Gasteiger charge is 2.08. The van der Waals surface area contributed by atoms with Crippen molar-refractivity contribution in [2.75, 3.05) is 18.7 Å². The number of carbonyl (C=O) groups is 2. The van der Waals surface area contributed by atoms with E-state index in [0.717, 1.165) is 17.0 Å². The van der Waals surface area contributed by atoms with Gasteiger partial charge in [0.05, 0.1) is 24.5 Å². The molecule has 0 saturated carbocycles. The summed E-state index contributed by atoms with van der Waals surface area (Å²) in [6, 6.07) is 13.9. The van der Waals surface area contributed by atoms with Gasteiger partial charge in [0.1, 0.15) is 5.75 Å². The van der Waals surface area contributed by atoms with Crippen LogP contribution >= 0.6 is 15.9 Å². The molecule has 0 atom stereocenters. The topological polar surface area (TPSA) is 73.9 Å². The number of rotatable bonds is 10. The summed E-state index contributed by atoms with van der Waals surface area (Å²) < 4.78 is 11.4. The fourth-order valence-electron chi connectivity index (χ4n) is 2.00. The maximum atomic E-state index is 12.0. The molecular formula is C20H20BrNO5. The van der Waals surface area contributed by atoms with Crippen LogP contribution in [0.3, 0.4) is 0 Å². The van der Waals surface area contributed by atoms with Gasteiger partial charge in [-0.15, -0.1) is 0 Å². The predicted octanol–water partition coefficient (Wildman–Crippen LogP) is 4.52. The smallest absolute Gasteiger partial charge is 0.362 e. The monoisotopic (exact) mass is 433 g/mol. The molecule has 2 rings (SSSR count). The zero-order valence-electron chi connectivity index (χ0n) is 14.7. The number of esters is 1. The summed E-state index contributed by atoms with van der Waals surface area (Å²) in [4.78, 5) is 28.0. The van der Waals surface area contributed by atoms with Crippen LogP contribution in [-0.4, -0.2) is 25.2 Å². The third-order valence-corrected chi connectivity index (χ3v) is 3.94. The van der Waals surface area contributed by atoms with Crippen LogP contribution in [0.1, 0.15) is 23.2 Å². The first-order chi connectivity index (χ1) is 13.1. The second-order valence-corrected chi connectivity index (χ2v) is 6.37. The molecule has 6 nitrogen and oxygen atoms in total. The first-order valence-electron chi connectivity index (χ1n) is 8.33.